The molecule has 5 rings (SSSR count). The number of rotatable bonds is 7. The van der Waals surface area contributed by atoms with Gasteiger partial charge in [0.15, 0.2) is 0 Å². The predicted molar refractivity (Wildman–Crippen MR) is 95.8 cm³/mol. The topological polar surface area (TPSA) is 96.2 Å². The Labute approximate surface area is 150 Å². The highest BCUT2D eigenvalue weighted by Crippen LogP contribution is 2.55. The van der Waals surface area contributed by atoms with Crippen molar-refractivity contribution in [2.75, 3.05) is 13.1 Å². The Kier molecular flexibility index (Phi) is 4.65. The molecule has 0 aromatic heterocycles. The minimum atomic E-state index is -0.104. The largest absolute Gasteiger partial charge is 0.352 e. The van der Waals surface area contributed by atoms with Crippen LogP contribution in [0.25, 0.3) is 0 Å². The average Bonchev–Trinajstić information content (AvgIpc) is 3.35. The molecule has 0 radical (unpaired) electrons. The van der Waals surface area contributed by atoms with Crippen molar-refractivity contribution >= 4 is 11.9 Å². The van der Waals surface area contributed by atoms with Crippen molar-refractivity contribution in [1.29, 1.82) is 0 Å². The zero-order valence-electron chi connectivity index (χ0n) is 15.1. The summed E-state index contributed by atoms with van der Waals surface area (Å²) in [6, 6.07) is 0.000620. The van der Waals surface area contributed by atoms with Gasteiger partial charge in [0.1, 0.15) is 0 Å². The summed E-state index contributed by atoms with van der Waals surface area (Å²) in [6.45, 7) is 0.877. The fraction of sp³-hybridized carbons (Fsp3) is 0.895. The third-order valence-corrected chi connectivity index (χ3v) is 6.85. The first kappa shape index (κ1) is 17.1. The van der Waals surface area contributed by atoms with Gasteiger partial charge in [-0.15, -0.1) is 0 Å². The molecule has 0 heterocycles. The standard InChI is InChI=1S/C19H32N4O2/c20-11-16(15-1-2-15)22-17(24)3-4-21-18(25)23-19-8-12-5-13(9-19)7-14(6-12)10-19/h12-16H,1-11,20H2,(H,22,24)(H2,21,23,25). The average molecular weight is 348 g/mol. The van der Waals surface area contributed by atoms with Crippen LogP contribution >= 0.6 is 0 Å². The summed E-state index contributed by atoms with van der Waals surface area (Å²) in [5.74, 6) is 2.98. The van der Waals surface area contributed by atoms with Crippen molar-refractivity contribution in [3.63, 3.8) is 0 Å². The molecule has 140 valence electrons. The maximum absolute atomic E-state index is 12.3. The van der Waals surface area contributed by atoms with E-state index in [1.165, 1.54) is 19.3 Å². The van der Waals surface area contributed by atoms with Crippen LogP contribution in [0.1, 0.15) is 57.8 Å². The first-order valence-electron chi connectivity index (χ1n) is 10.1. The van der Waals surface area contributed by atoms with Crippen LogP contribution in [0.15, 0.2) is 0 Å². The van der Waals surface area contributed by atoms with Crippen molar-refractivity contribution in [3.05, 3.63) is 0 Å². The van der Waals surface area contributed by atoms with E-state index in [1.807, 2.05) is 0 Å². The summed E-state index contributed by atoms with van der Waals surface area (Å²) in [5, 5.41) is 9.15. The van der Waals surface area contributed by atoms with Gasteiger partial charge in [-0.25, -0.2) is 4.79 Å². The molecular formula is C19H32N4O2. The van der Waals surface area contributed by atoms with Crippen molar-refractivity contribution in [1.82, 2.24) is 16.0 Å². The van der Waals surface area contributed by atoms with E-state index < -0.39 is 0 Å². The summed E-state index contributed by atoms with van der Waals surface area (Å²) in [4.78, 5) is 24.3. The molecule has 3 amide bonds. The monoisotopic (exact) mass is 348 g/mol. The maximum atomic E-state index is 12.3. The van der Waals surface area contributed by atoms with Gasteiger partial charge in [0.05, 0.1) is 0 Å². The molecule has 4 bridgehead atoms. The molecule has 0 aliphatic heterocycles. The molecule has 0 aromatic carbocycles. The first-order chi connectivity index (χ1) is 12.0. The highest BCUT2D eigenvalue weighted by molar-refractivity contribution is 5.78. The molecule has 1 unspecified atom stereocenters. The Bertz CT molecular complexity index is 496. The quantitative estimate of drug-likeness (QED) is 0.561. The lowest BCUT2D eigenvalue weighted by atomic mass is 9.53. The molecule has 0 saturated heterocycles. The van der Waals surface area contributed by atoms with Gasteiger partial charge in [-0.05, 0) is 75.0 Å². The number of carbonyl (C=O) groups excluding carboxylic acids is 2. The Balaban J connectivity index is 1.19. The summed E-state index contributed by atoms with van der Waals surface area (Å²) in [6.07, 6.45) is 10.2. The smallest absolute Gasteiger partial charge is 0.315 e. The number of carbonyl (C=O) groups is 2. The lowest BCUT2D eigenvalue weighted by Gasteiger charge is -2.56. The van der Waals surface area contributed by atoms with Gasteiger partial charge in [-0.1, -0.05) is 0 Å². The van der Waals surface area contributed by atoms with E-state index in [9.17, 15) is 9.59 Å². The van der Waals surface area contributed by atoms with Gasteiger partial charge < -0.3 is 21.7 Å². The van der Waals surface area contributed by atoms with Crippen LogP contribution in [-0.4, -0.2) is 36.6 Å². The zero-order chi connectivity index (χ0) is 17.4. The van der Waals surface area contributed by atoms with E-state index in [4.69, 9.17) is 5.73 Å². The molecule has 5 N–H and O–H groups in total. The highest BCUT2D eigenvalue weighted by atomic mass is 16.2. The molecule has 5 fully saturated rings. The molecule has 25 heavy (non-hydrogen) atoms. The van der Waals surface area contributed by atoms with Crippen molar-refractivity contribution in [2.24, 2.45) is 29.4 Å². The third kappa shape index (κ3) is 3.94. The van der Waals surface area contributed by atoms with E-state index in [-0.39, 0.29) is 23.5 Å². The van der Waals surface area contributed by atoms with Gasteiger partial charge in [-0.2, -0.15) is 0 Å². The van der Waals surface area contributed by atoms with Crippen LogP contribution in [0.5, 0.6) is 0 Å². The van der Waals surface area contributed by atoms with Gasteiger partial charge in [-0.3, -0.25) is 4.79 Å². The van der Waals surface area contributed by atoms with E-state index in [1.54, 1.807) is 0 Å². The summed E-state index contributed by atoms with van der Waals surface area (Å²) < 4.78 is 0. The fourth-order valence-electron chi connectivity index (χ4n) is 5.99. The first-order valence-corrected chi connectivity index (χ1v) is 10.1. The summed E-state index contributed by atoms with van der Waals surface area (Å²) in [7, 11) is 0. The molecule has 0 aromatic rings. The van der Waals surface area contributed by atoms with E-state index >= 15 is 0 Å². The lowest BCUT2D eigenvalue weighted by molar-refractivity contribution is -0.121. The SMILES string of the molecule is NCC(NC(=O)CCNC(=O)NC12CC3CC(CC(C3)C1)C2)C1CC1. The Morgan fingerprint density at radius 2 is 1.64 bits per heavy atom. The van der Waals surface area contributed by atoms with E-state index in [2.05, 4.69) is 16.0 Å². The minimum absolute atomic E-state index is 0.0162. The van der Waals surface area contributed by atoms with Crippen molar-refractivity contribution in [3.8, 4) is 0 Å². The lowest BCUT2D eigenvalue weighted by Crippen LogP contribution is -2.61. The Morgan fingerprint density at radius 3 is 2.16 bits per heavy atom. The van der Waals surface area contributed by atoms with Crippen LogP contribution in [0.4, 0.5) is 4.79 Å². The number of hydrogen-bond acceptors (Lipinski definition) is 3. The minimum Gasteiger partial charge on any atom is -0.352 e. The summed E-state index contributed by atoms with van der Waals surface area (Å²) >= 11 is 0. The zero-order valence-corrected chi connectivity index (χ0v) is 15.1. The second-order valence-corrected chi connectivity index (χ2v) is 9.08. The number of urea groups is 1. The van der Waals surface area contributed by atoms with Gasteiger partial charge in [0.25, 0.3) is 0 Å². The van der Waals surface area contributed by atoms with E-state index in [0.29, 0.717) is 25.4 Å². The fourth-order valence-corrected chi connectivity index (χ4v) is 5.99. The van der Waals surface area contributed by atoms with E-state index in [0.717, 1.165) is 49.9 Å². The third-order valence-electron chi connectivity index (χ3n) is 6.85. The normalized spacial score (nSPS) is 36.8. The van der Waals surface area contributed by atoms with Gasteiger partial charge in [0.2, 0.25) is 5.91 Å². The van der Waals surface area contributed by atoms with Crippen LogP contribution in [-0.2, 0) is 4.79 Å². The molecule has 5 saturated carbocycles. The van der Waals surface area contributed by atoms with Crippen LogP contribution in [0, 0.1) is 23.7 Å². The van der Waals surface area contributed by atoms with Crippen LogP contribution in [0.3, 0.4) is 0 Å². The summed E-state index contributed by atoms with van der Waals surface area (Å²) in [5.41, 5.74) is 5.74. The van der Waals surface area contributed by atoms with Crippen LogP contribution in [0.2, 0.25) is 0 Å². The van der Waals surface area contributed by atoms with Crippen molar-refractivity contribution in [2.45, 2.75) is 69.4 Å². The second kappa shape index (κ2) is 6.78. The Hall–Kier alpha value is -1.30. The maximum Gasteiger partial charge on any atom is 0.315 e. The number of hydrogen-bond donors (Lipinski definition) is 4. The van der Waals surface area contributed by atoms with Gasteiger partial charge in [0, 0.05) is 31.1 Å². The van der Waals surface area contributed by atoms with Gasteiger partial charge >= 0.3 is 6.03 Å². The second-order valence-electron chi connectivity index (χ2n) is 9.08. The van der Waals surface area contributed by atoms with Crippen molar-refractivity contribution < 1.29 is 9.59 Å². The molecule has 5 aliphatic rings. The molecule has 5 aliphatic carbocycles. The Morgan fingerprint density at radius 1 is 1.04 bits per heavy atom. The molecule has 0 spiro atoms. The predicted octanol–water partition coefficient (Wildman–Crippen LogP) is 1.50. The highest BCUT2D eigenvalue weighted by Gasteiger charge is 2.51. The number of nitrogens with two attached hydrogens (primary N) is 1. The van der Waals surface area contributed by atoms with Crippen LogP contribution < -0.4 is 21.7 Å². The molecule has 6 heteroatoms. The molecular weight excluding hydrogens is 316 g/mol. The number of nitrogens with one attached hydrogen (secondary N) is 3. The molecule has 6 nitrogen and oxygen atoms in total. The molecule has 1 atom stereocenters. The number of amides is 3.